The molecule has 0 radical (unpaired) electrons. The number of nitrogens with zero attached hydrogens (tertiary/aromatic N) is 1. The van der Waals surface area contributed by atoms with Crippen LogP contribution in [0.1, 0.15) is 43.6 Å². The van der Waals surface area contributed by atoms with Crippen molar-refractivity contribution in [2.24, 2.45) is 4.99 Å². The molecule has 1 aromatic rings. The number of hydrogen-bond acceptors (Lipinski definition) is 3. The molecular formula is C17H24N2O2. The van der Waals surface area contributed by atoms with Crippen LogP contribution in [0.3, 0.4) is 0 Å². The van der Waals surface area contributed by atoms with Crippen molar-refractivity contribution in [3.63, 3.8) is 0 Å². The number of nitrogens with one attached hydrogen (secondary N) is 1. The first-order valence-electron chi connectivity index (χ1n) is 7.84. The van der Waals surface area contributed by atoms with Gasteiger partial charge in [-0.1, -0.05) is 6.07 Å². The normalized spacial score (nSPS) is 24.3. The fraction of sp³-hybridized carbons (Fsp3) is 0.588. The second-order valence-electron chi connectivity index (χ2n) is 5.89. The van der Waals surface area contributed by atoms with E-state index < -0.39 is 0 Å². The summed E-state index contributed by atoms with van der Waals surface area (Å²) in [7, 11) is 3.54. The van der Waals surface area contributed by atoms with Gasteiger partial charge in [-0.25, -0.2) is 0 Å². The van der Waals surface area contributed by atoms with Crippen molar-refractivity contribution in [1.29, 1.82) is 0 Å². The summed E-state index contributed by atoms with van der Waals surface area (Å²) in [6.07, 6.45) is 6.19. The molecule has 0 spiro atoms. The molecule has 4 nitrogen and oxygen atoms in total. The van der Waals surface area contributed by atoms with Crippen LogP contribution in [0.4, 0.5) is 0 Å². The van der Waals surface area contributed by atoms with Crippen molar-refractivity contribution in [3.05, 3.63) is 23.8 Å². The smallest absolute Gasteiger partial charge is 0.161 e. The summed E-state index contributed by atoms with van der Waals surface area (Å²) < 4.78 is 11.6. The van der Waals surface area contributed by atoms with E-state index in [0.717, 1.165) is 43.1 Å². The van der Waals surface area contributed by atoms with Crippen molar-refractivity contribution in [2.45, 2.75) is 44.1 Å². The van der Waals surface area contributed by atoms with E-state index in [2.05, 4.69) is 22.4 Å². The highest BCUT2D eigenvalue weighted by molar-refractivity contribution is 5.85. The van der Waals surface area contributed by atoms with Crippen LogP contribution in [-0.2, 0) is 0 Å². The number of benzene rings is 1. The molecule has 1 aliphatic heterocycles. The Labute approximate surface area is 126 Å². The lowest BCUT2D eigenvalue weighted by molar-refractivity contribution is 0.200. The number of hydrogen-bond donors (Lipinski definition) is 1. The number of rotatable bonds is 4. The molecule has 1 atom stereocenters. The van der Waals surface area contributed by atoms with Gasteiger partial charge in [-0.2, -0.15) is 0 Å². The zero-order valence-electron chi connectivity index (χ0n) is 12.9. The standard InChI is InChI=1S/C17H24N2O2/c1-18-17-10-13(11-19-17)12-7-8-15(20-2)16(9-12)21-14-5-3-4-6-14/h7-9,13-14H,3-6,10-11H2,1-2H3,(H,18,19). The lowest BCUT2D eigenvalue weighted by Gasteiger charge is -2.18. The maximum absolute atomic E-state index is 6.18. The molecular weight excluding hydrogens is 264 g/mol. The average Bonchev–Trinajstić information content (AvgIpc) is 3.18. The molecule has 1 unspecified atom stereocenters. The van der Waals surface area contributed by atoms with Crippen molar-refractivity contribution in [1.82, 2.24) is 5.32 Å². The van der Waals surface area contributed by atoms with Crippen LogP contribution in [0.5, 0.6) is 11.5 Å². The second-order valence-corrected chi connectivity index (χ2v) is 5.89. The highest BCUT2D eigenvalue weighted by Gasteiger charge is 2.24. The maximum Gasteiger partial charge on any atom is 0.161 e. The molecule has 21 heavy (non-hydrogen) atoms. The minimum absolute atomic E-state index is 0.351. The Morgan fingerprint density at radius 3 is 2.67 bits per heavy atom. The molecule has 4 heteroatoms. The minimum atomic E-state index is 0.351. The van der Waals surface area contributed by atoms with Crippen LogP contribution in [-0.4, -0.2) is 32.6 Å². The molecule has 2 aliphatic rings. The number of aliphatic imine (C=N–C) groups is 1. The summed E-state index contributed by atoms with van der Waals surface area (Å²) in [6, 6.07) is 6.33. The van der Waals surface area contributed by atoms with E-state index in [1.54, 1.807) is 7.11 Å². The summed E-state index contributed by atoms with van der Waals surface area (Å²) in [5.41, 5.74) is 1.30. The van der Waals surface area contributed by atoms with E-state index in [1.165, 1.54) is 18.4 Å². The summed E-state index contributed by atoms with van der Waals surface area (Å²) in [4.78, 5) is 4.25. The van der Waals surface area contributed by atoms with Gasteiger partial charge in [0, 0.05) is 25.9 Å². The van der Waals surface area contributed by atoms with E-state index in [-0.39, 0.29) is 0 Å². The number of amidine groups is 1. The molecule has 1 saturated heterocycles. The van der Waals surface area contributed by atoms with Gasteiger partial charge in [0.1, 0.15) is 0 Å². The Kier molecular flexibility index (Phi) is 4.32. The van der Waals surface area contributed by atoms with Crippen LogP contribution in [0.15, 0.2) is 23.2 Å². The van der Waals surface area contributed by atoms with Crippen molar-refractivity contribution >= 4 is 5.84 Å². The third kappa shape index (κ3) is 3.14. The summed E-state index contributed by atoms with van der Waals surface area (Å²) in [5, 5.41) is 3.35. The van der Waals surface area contributed by atoms with Crippen molar-refractivity contribution < 1.29 is 9.47 Å². The molecule has 0 bridgehead atoms. The average molecular weight is 288 g/mol. The van der Waals surface area contributed by atoms with E-state index in [1.807, 2.05) is 13.1 Å². The molecule has 114 valence electrons. The first kappa shape index (κ1) is 14.2. The third-order valence-electron chi connectivity index (χ3n) is 4.52. The topological polar surface area (TPSA) is 42.9 Å². The first-order chi connectivity index (χ1) is 10.3. The van der Waals surface area contributed by atoms with E-state index in [0.29, 0.717) is 12.0 Å². The molecule has 0 amide bonds. The largest absolute Gasteiger partial charge is 0.493 e. The van der Waals surface area contributed by atoms with Crippen LogP contribution in [0.25, 0.3) is 0 Å². The second kappa shape index (κ2) is 6.37. The SMILES string of the molecule is CN=C1CC(c2ccc(OC)c(OC3CCCC3)c2)CN1. The third-order valence-corrected chi connectivity index (χ3v) is 4.52. The summed E-state index contributed by atoms with van der Waals surface area (Å²) in [6.45, 7) is 0.946. The van der Waals surface area contributed by atoms with E-state index in [9.17, 15) is 0 Å². The molecule has 1 aromatic carbocycles. The molecule has 1 heterocycles. The molecule has 1 aliphatic carbocycles. The zero-order chi connectivity index (χ0) is 14.7. The lowest BCUT2D eigenvalue weighted by Crippen LogP contribution is -2.14. The van der Waals surface area contributed by atoms with Crippen molar-refractivity contribution in [2.75, 3.05) is 20.7 Å². The van der Waals surface area contributed by atoms with Gasteiger partial charge in [0.05, 0.1) is 19.0 Å². The van der Waals surface area contributed by atoms with Crippen LogP contribution < -0.4 is 14.8 Å². The summed E-state index contributed by atoms with van der Waals surface area (Å²) >= 11 is 0. The highest BCUT2D eigenvalue weighted by atomic mass is 16.5. The zero-order valence-corrected chi connectivity index (χ0v) is 12.9. The Morgan fingerprint density at radius 1 is 1.19 bits per heavy atom. The maximum atomic E-state index is 6.18. The predicted octanol–water partition coefficient (Wildman–Crippen LogP) is 3.12. The highest BCUT2D eigenvalue weighted by Crippen LogP contribution is 2.35. The van der Waals surface area contributed by atoms with Gasteiger partial charge in [0.15, 0.2) is 11.5 Å². The molecule has 3 rings (SSSR count). The summed E-state index contributed by atoms with van der Waals surface area (Å²) in [5.74, 6) is 3.29. The lowest BCUT2D eigenvalue weighted by atomic mass is 9.97. The van der Waals surface area contributed by atoms with Crippen LogP contribution in [0, 0.1) is 0 Å². The van der Waals surface area contributed by atoms with Gasteiger partial charge in [-0.05, 0) is 43.4 Å². The monoisotopic (exact) mass is 288 g/mol. The van der Waals surface area contributed by atoms with Crippen LogP contribution in [0.2, 0.25) is 0 Å². The Hall–Kier alpha value is -1.71. The Bertz CT molecular complexity index is 522. The van der Waals surface area contributed by atoms with Gasteiger partial charge in [-0.15, -0.1) is 0 Å². The minimum Gasteiger partial charge on any atom is -0.493 e. The van der Waals surface area contributed by atoms with E-state index >= 15 is 0 Å². The molecule has 2 fully saturated rings. The van der Waals surface area contributed by atoms with E-state index in [4.69, 9.17) is 9.47 Å². The Morgan fingerprint density at radius 2 is 2.00 bits per heavy atom. The van der Waals surface area contributed by atoms with Gasteiger partial charge >= 0.3 is 0 Å². The molecule has 0 aromatic heterocycles. The van der Waals surface area contributed by atoms with Gasteiger partial charge in [0.25, 0.3) is 0 Å². The number of ether oxygens (including phenoxy) is 2. The van der Waals surface area contributed by atoms with Gasteiger partial charge in [0.2, 0.25) is 0 Å². The van der Waals surface area contributed by atoms with Gasteiger partial charge in [-0.3, -0.25) is 4.99 Å². The molecule has 1 saturated carbocycles. The first-order valence-corrected chi connectivity index (χ1v) is 7.84. The quantitative estimate of drug-likeness (QED) is 0.925. The fourth-order valence-electron chi connectivity index (χ4n) is 3.25. The Balaban J connectivity index is 1.79. The predicted molar refractivity (Wildman–Crippen MR) is 84.6 cm³/mol. The number of methoxy groups -OCH3 is 1. The molecule has 1 N–H and O–H groups in total. The fourth-order valence-corrected chi connectivity index (χ4v) is 3.25. The van der Waals surface area contributed by atoms with Gasteiger partial charge < -0.3 is 14.8 Å². The van der Waals surface area contributed by atoms with Crippen LogP contribution >= 0.6 is 0 Å². The van der Waals surface area contributed by atoms with Crippen molar-refractivity contribution in [3.8, 4) is 11.5 Å².